The third-order valence-corrected chi connectivity index (χ3v) is 3.43. The molecular weight excluding hydrogens is 228 g/mol. The van der Waals surface area contributed by atoms with E-state index < -0.39 is 0 Å². The van der Waals surface area contributed by atoms with Gasteiger partial charge < -0.3 is 4.74 Å². The molecule has 0 aliphatic carbocycles. The first kappa shape index (κ1) is 14.4. The second kappa shape index (κ2) is 6.34. The molecule has 0 N–H and O–H groups in total. The van der Waals surface area contributed by atoms with E-state index in [1.54, 1.807) is 0 Å². The Balaban J connectivity index is 2.88. The van der Waals surface area contributed by atoms with Crippen molar-refractivity contribution in [2.45, 2.75) is 57.3 Å². The molecular formula is C15H24OS. The van der Waals surface area contributed by atoms with Gasteiger partial charge in [0.15, 0.2) is 0 Å². The summed E-state index contributed by atoms with van der Waals surface area (Å²) < 4.78 is 5.64. The molecule has 17 heavy (non-hydrogen) atoms. The van der Waals surface area contributed by atoms with Gasteiger partial charge in [0.1, 0.15) is 5.75 Å². The zero-order valence-corrected chi connectivity index (χ0v) is 12.3. The maximum Gasteiger partial charge on any atom is 0.132 e. The molecule has 0 saturated carbocycles. The molecule has 0 fully saturated rings. The van der Waals surface area contributed by atoms with Crippen molar-refractivity contribution >= 4 is 12.6 Å². The third kappa shape index (κ3) is 3.95. The molecule has 0 atom stereocenters. The lowest BCUT2D eigenvalue weighted by Crippen LogP contribution is -2.16. The summed E-state index contributed by atoms with van der Waals surface area (Å²) in [7, 11) is 0. The summed E-state index contributed by atoms with van der Waals surface area (Å²) in [4.78, 5) is 0.945. The molecule has 0 aliphatic heterocycles. The van der Waals surface area contributed by atoms with E-state index in [2.05, 4.69) is 52.5 Å². The minimum atomic E-state index is 0.218. The van der Waals surface area contributed by atoms with Crippen LogP contribution >= 0.6 is 12.6 Å². The fourth-order valence-electron chi connectivity index (χ4n) is 2.04. The molecule has 0 spiro atoms. The summed E-state index contributed by atoms with van der Waals surface area (Å²) in [6.07, 6.45) is 3.41. The van der Waals surface area contributed by atoms with Crippen LogP contribution in [0.15, 0.2) is 23.1 Å². The maximum atomic E-state index is 5.64. The minimum Gasteiger partial charge on any atom is -0.492 e. The zero-order chi connectivity index (χ0) is 12.9. The molecule has 0 saturated heterocycles. The summed E-state index contributed by atoms with van der Waals surface area (Å²) in [6, 6.07) is 6.36. The van der Waals surface area contributed by atoms with Crippen LogP contribution in [0.1, 0.15) is 52.5 Å². The summed E-state index contributed by atoms with van der Waals surface area (Å²) in [5, 5.41) is 0. The average molecular weight is 252 g/mol. The van der Waals surface area contributed by atoms with Crippen molar-refractivity contribution in [2.75, 3.05) is 6.61 Å². The van der Waals surface area contributed by atoms with Crippen LogP contribution in [0, 0.1) is 0 Å². The monoisotopic (exact) mass is 252 g/mol. The Labute approximate surface area is 111 Å². The Morgan fingerprint density at radius 3 is 2.41 bits per heavy atom. The number of benzene rings is 1. The summed E-state index contributed by atoms with van der Waals surface area (Å²) >= 11 is 4.52. The molecule has 0 radical (unpaired) electrons. The van der Waals surface area contributed by atoms with Crippen LogP contribution in [-0.4, -0.2) is 6.61 Å². The van der Waals surface area contributed by atoms with Gasteiger partial charge in [-0.3, -0.25) is 0 Å². The minimum absolute atomic E-state index is 0.218. The molecule has 96 valence electrons. The lowest BCUT2D eigenvalue weighted by Gasteiger charge is -2.25. The Hall–Kier alpha value is -0.630. The lowest BCUT2D eigenvalue weighted by molar-refractivity contribution is 0.310. The molecule has 1 aromatic rings. The number of hydrogen-bond donors (Lipinski definition) is 1. The quantitative estimate of drug-likeness (QED) is 0.713. The highest BCUT2D eigenvalue weighted by molar-refractivity contribution is 7.80. The summed E-state index contributed by atoms with van der Waals surface area (Å²) in [5.41, 5.74) is 1.56. The molecule has 0 amide bonds. The normalized spacial score (nSPS) is 11.6. The summed E-state index contributed by atoms with van der Waals surface area (Å²) in [6.45, 7) is 9.65. The number of rotatable bonds is 6. The topological polar surface area (TPSA) is 9.23 Å². The Kier molecular flexibility index (Phi) is 5.38. The van der Waals surface area contributed by atoms with Crippen LogP contribution in [0.2, 0.25) is 0 Å². The van der Waals surface area contributed by atoms with Crippen LogP contribution in [0.3, 0.4) is 0 Å². The zero-order valence-electron chi connectivity index (χ0n) is 11.4. The van der Waals surface area contributed by atoms with E-state index in [0.29, 0.717) is 0 Å². The highest BCUT2D eigenvalue weighted by Crippen LogP contribution is 2.33. The van der Waals surface area contributed by atoms with Gasteiger partial charge in [0.2, 0.25) is 0 Å². The third-order valence-electron chi connectivity index (χ3n) is 3.08. The van der Waals surface area contributed by atoms with Gasteiger partial charge >= 0.3 is 0 Å². The van der Waals surface area contributed by atoms with Gasteiger partial charge in [-0.25, -0.2) is 0 Å². The van der Waals surface area contributed by atoms with E-state index in [9.17, 15) is 0 Å². The Morgan fingerprint density at radius 1 is 1.18 bits per heavy atom. The largest absolute Gasteiger partial charge is 0.492 e. The van der Waals surface area contributed by atoms with Gasteiger partial charge in [0.25, 0.3) is 0 Å². The first-order valence-corrected chi connectivity index (χ1v) is 6.92. The van der Waals surface area contributed by atoms with Crippen LogP contribution in [0.5, 0.6) is 5.75 Å². The van der Waals surface area contributed by atoms with Gasteiger partial charge in [-0.2, -0.15) is 0 Å². The van der Waals surface area contributed by atoms with Crippen molar-refractivity contribution in [3.05, 3.63) is 23.8 Å². The molecule has 0 heterocycles. The van der Waals surface area contributed by atoms with E-state index in [1.807, 2.05) is 6.07 Å². The molecule has 0 aliphatic rings. The Morgan fingerprint density at radius 2 is 1.88 bits per heavy atom. The fourth-order valence-corrected chi connectivity index (χ4v) is 2.32. The van der Waals surface area contributed by atoms with Crippen molar-refractivity contribution in [3.63, 3.8) is 0 Å². The van der Waals surface area contributed by atoms with Crippen LogP contribution < -0.4 is 4.74 Å². The second-order valence-corrected chi connectivity index (χ2v) is 5.65. The first-order valence-electron chi connectivity index (χ1n) is 6.47. The highest BCUT2D eigenvalue weighted by atomic mass is 32.1. The molecule has 1 aromatic carbocycles. The first-order chi connectivity index (χ1) is 8.01. The van der Waals surface area contributed by atoms with Crippen LogP contribution in [0.25, 0.3) is 0 Å². The molecule has 2 heteroatoms. The van der Waals surface area contributed by atoms with Crippen LogP contribution in [-0.2, 0) is 5.41 Å². The maximum absolute atomic E-state index is 5.64. The van der Waals surface area contributed by atoms with Gasteiger partial charge in [-0.1, -0.05) is 40.2 Å². The van der Waals surface area contributed by atoms with Gasteiger partial charge in [0, 0.05) is 4.90 Å². The van der Waals surface area contributed by atoms with Crippen molar-refractivity contribution in [1.29, 1.82) is 0 Å². The van der Waals surface area contributed by atoms with Crippen molar-refractivity contribution in [2.24, 2.45) is 0 Å². The molecule has 0 bridgehead atoms. The number of ether oxygens (including phenoxy) is 1. The smallest absolute Gasteiger partial charge is 0.132 e. The lowest BCUT2D eigenvalue weighted by atomic mass is 9.81. The van der Waals surface area contributed by atoms with E-state index in [0.717, 1.165) is 23.7 Å². The predicted octanol–water partition coefficient (Wildman–Crippen LogP) is 4.84. The molecule has 1 nitrogen and oxygen atoms in total. The van der Waals surface area contributed by atoms with Gasteiger partial charge in [-0.05, 0) is 36.0 Å². The number of thiol groups is 1. The van der Waals surface area contributed by atoms with E-state index in [1.165, 1.54) is 18.4 Å². The van der Waals surface area contributed by atoms with Crippen molar-refractivity contribution in [3.8, 4) is 5.75 Å². The van der Waals surface area contributed by atoms with Crippen LogP contribution in [0.4, 0.5) is 0 Å². The molecule has 1 rings (SSSR count). The predicted molar refractivity (Wildman–Crippen MR) is 77.4 cm³/mol. The second-order valence-electron chi connectivity index (χ2n) is 5.16. The summed E-state index contributed by atoms with van der Waals surface area (Å²) in [5.74, 6) is 0.895. The van der Waals surface area contributed by atoms with E-state index >= 15 is 0 Å². The molecule has 0 aromatic heterocycles. The van der Waals surface area contributed by atoms with Crippen molar-refractivity contribution < 1.29 is 4.74 Å². The number of hydrogen-bond acceptors (Lipinski definition) is 2. The molecule has 0 unspecified atom stereocenters. The Bertz CT molecular complexity index is 358. The van der Waals surface area contributed by atoms with E-state index in [-0.39, 0.29) is 5.41 Å². The van der Waals surface area contributed by atoms with Gasteiger partial charge in [0.05, 0.1) is 6.61 Å². The highest BCUT2D eigenvalue weighted by Gasteiger charge is 2.20. The van der Waals surface area contributed by atoms with Gasteiger partial charge in [-0.15, -0.1) is 12.6 Å². The fraction of sp³-hybridized carbons (Fsp3) is 0.600. The standard InChI is InChI=1S/C15H24OS/c1-5-9-15(3,4)12-7-8-13(14(17)11-12)16-10-6-2/h7-8,11,17H,5-6,9-10H2,1-4H3. The average Bonchev–Trinajstić information content (AvgIpc) is 2.27. The SMILES string of the molecule is CCCOc1ccc(C(C)(C)CCC)cc1S. The van der Waals surface area contributed by atoms with E-state index in [4.69, 9.17) is 4.74 Å². The van der Waals surface area contributed by atoms with Crippen molar-refractivity contribution in [1.82, 2.24) is 0 Å².